The second kappa shape index (κ2) is 10.1. The minimum absolute atomic E-state index is 0.390. The van der Waals surface area contributed by atoms with Gasteiger partial charge in [0, 0.05) is 23.3 Å². The van der Waals surface area contributed by atoms with Crippen LogP contribution in [0, 0.1) is 6.92 Å². The van der Waals surface area contributed by atoms with Gasteiger partial charge in [0.25, 0.3) is 0 Å². The van der Waals surface area contributed by atoms with Gasteiger partial charge in [-0.1, -0.05) is 48.0 Å². The number of aryl methyl sites for hydroxylation is 1. The van der Waals surface area contributed by atoms with Crippen molar-refractivity contribution < 1.29 is 4.74 Å². The van der Waals surface area contributed by atoms with Gasteiger partial charge >= 0.3 is 0 Å². The van der Waals surface area contributed by atoms with E-state index < -0.39 is 0 Å². The molecule has 0 N–H and O–H groups in total. The molecule has 2 rings (SSSR count). The molecule has 0 amide bonds. The third-order valence-corrected chi connectivity index (χ3v) is 5.52. The lowest BCUT2D eigenvalue weighted by molar-refractivity contribution is 0.172. The lowest BCUT2D eigenvalue weighted by Crippen LogP contribution is -2.38. The maximum Gasteiger partial charge on any atom is 0.123 e. The summed E-state index contributed by atoms with van der Waals surface area (Å²) in [6.45, 7) is 13.0. The average molecular weight is 372 g/mol. The van der Waals surface area contributed by atoms with Crippen LogP contribution in [0.3, 0.4) is 0 Å². The third kappa shape index (κ3) is 6.11. The van der Waals surface area contributed by atoms with Crippen LogP contribution in [0.2, 0.25) is 0 Å². The first-order valence-corrected chi connectivity index (χ1v) is 10.3. The van der Waals surface area contributed by atoms with Gasteiger partial charge in [0.2, 0.25) is 0 Å². The fraction of sp³-hybridized carbons (Fsp3) is 0.478. The fourth-order valence-electron chi connectivity index (χ4n) is 3.38. The summed E-state index contributed by atoms with van der Waals surface area (Å²) in [4.78, 5) is 2.55. The molecule has 3 heteroatoms. The summed E-state index contributed by atoms with van der Waals surface area (Å²) >= 11 is 0. The van der Waals surface area contributed by atoms with Crippen LogP contribution in [0.15, 0.2) is 48.5 Å². The molecule has 0 bridgehead atoms. The van der Waals surface area contributed by atoms with Crippen molar-refractivity contribution in [3.05, 3.63) is 65.2 Å². The molecule has 0 spiro atoms. The average Bonchev–Trinajstić information content (AvgIpc) is 2.61. The van der Waals surface area contributed by atoms with Crippen LogP contribution in [0.1, 0.15) is 56.5 Å². The number of rotatable bonds is 9. The quantitative estimate of drug-likeness (QED) is 0.501. The summed E-state index contributed by atoms with van der Waals surface area (Å²) in [5.74, 6) is 1.00. The maximum absolute atomic E-state index is 6.17. The molecule has 2 aromatic rings. The molecule has 0 fully saturated rings. The Morgan fingerprint density at radius 1 is 0.962 bits per heavy atom. The van der Waals surface area contributed by atoms with Gasteiger partial charge in [-0.15, -0.1) is 9.24 Å². The monoisotopic (exact) mass is 371 g/mol. The Balaban J connectivity index is 2.07. The van der Waals surface area contributed by atoms with Gasteiger partial charge in [-0.25, -0.2) is 0 Å². The molecule has 142 valence electrons. The first-order chi connectivity index (χ1) is 12.4. The number of hydrogen-bond acceptors (Lipinski definition) is 2. The highest BCUT2D eigenvalue weighted by atomic mass is 31.0. The van der Waals surface area contributed by atoms with Crippen molar-refractivity contribution in [1.29, 1.82) is 0 Å². The fourth-order valence-corrected chi connectivity index (χ4v) is 3.79. The van der Waals surface area contributed by atoms with Gasteiger partial charge in [0.1, 0.15) is 12.4 Å². The van der Waals surface area contributed by atoms with Gasteiger partial charge in [-0.2, -0.15) is 0 Å². The molecule has 0 aliphatic heterocycles. The van der Waals surface area contributed by atoms with Crippen molar-refractivity contribution in [1.82, 2.24) is 4.90 Å². The van der Waals surface area contributed by atoms with Crippen LogP contribution in [0.25, 0.3) is 0 Å². The van der Waals surface area contributed by atoms with Crippen molar-refractivity contribution in [2.24, 2.45) is 0 Å². The van der Waals surface area contributed by atoms with E-state index in [1.165, 1.54) is 16.7 Å². The van der Waals surface area contributed by atoms with E-state index in [4.69, 9.17) is 4.74 Å². The minimum Gasteiger partial charge on any atom is -0.489 e. The maximum atomic E-state index is 6.17. The highest BCUT2D eigenvalue weighted by Gasteiger charge is 2.17. The Morgan fingerprint density at radius 2 is 1.62 bits per heavy atom. The predicted octanol–water partition coefficient (Wildman–Crippen LogP) is 6.00. The third-order valence-electron chi connectivity index (χ3n) is 4.83. The second-order valence-electron chi connectivity index (χ2n) is 7.64. The molecular formula is C23H34NOP. The molecule has 2 atom stereocenters. The van der Waals surface area contributed by atoms with Crippen molar-refractivity contribution in [3.63, 3.8) is 0 Å². The molecule has 2 nitrogen and oxygen atoms in total. The molecule has 0 saturated carbocycles. The highest BCUT2D eigenvalue weighted by molar-refractivity contribution is 7.17. The van der Waals surface area contributed by atoms with E-state index in [1.54, 1.807) is 0 Å². The van der Waals surface area contributed by atoms with Crippen LogP contribution in [-0.2, 0) is 6.61 Å². The Labute approximate surface area is 162 Å². The summed E-state index contributed by atoms with van der Waals surface area (Å²) in [6, 6.07) is 18.0. The lowest BCUT2D eigenvalue weighted by Gasteiger charge is -2.31. The molecule has 0 aliphatic carbocycles. The molecule has 0 aliphatic rings. The van der Waals surface area contributed by atoms with Crippen molar-refractivity contribution in [3.8, 4) is 5.75 Å². The van der Waals surface area contributed by atoms with Gasteiger partial charge < -0.3 is 4.74 Å². The van der Waals surface area contributed by atoms with Gasteiger partial charge in [0.15, 0.2) is 0 Å². The SMILES string of the molecule is Cc1ccc(OCc2ccccc2)c(C(P)CCN(C(C)C)C(C)C)c1. The Morgan fingerprint density at radius 3 is 2.23 bits per heavy atom. The highest BCUT2D eigenvalue weighted by Crippen LogP contribution is 2.35. The zero-order chi connectivity index (χ0) is 19.1. The van der Waals surface area contributed by atoms with Crippen LogP contribution < -0.4 is 4.74 Å². The van der Waals surface area contributed by atoms with Crippen molar-refractivity contribution in [2.75, 3.05) is 6.54 Å². The van der Waals surface area contributed by atoms with Crippen LogP contribution >= 0.6 is 9.24 Å². The van der Waals surface area contributed by atoms with E-state index in [0.717, 1.165) is 18.7 Å². The van der Waals surface area contributed by atoms with Gasteiger partial charge in [0.05, 0.1) is 0 Å². The molecule has 0 heterocycles. The van der Waals surface area contributed by atoms with Crippen LogP contribution in [0.5, 0.6) is 5.75 Å². The first-order valence-electron chi connectivity index (χ1n) is 9.67. The molecule has 26 heavy (non-hydrogen) atoms. The van der Waals surface area contributed by atoms with E-state index in [1.807, 2.05) is 6.07 Å². The Bertz CT molecular complexity index is 661. The largest absolute Gasteiger partial charge is 0.489 e. The normalized spacial score (nSPS) is 12.8. The van der Waals surface area contributed by atoms with E-state index in [9.17, 15) is 0 Å². The van der Waals surface area contributed by atoms with E-state index in [-0.39, 0.29) is 0 Å². The molecule has 2 aromatic carbocycles. The van der Waals surface area contributed by atoms with Gasteiger partial charge in [-0.05, 0) is 59.2 Å². The number of ether oxygens (including phenoxy) is 1. The zero-order valence-electron chi connectivity index (χ0n) is 16.9. The smallest absolute Gasteiger partial charge is 0.123 e. The second-order valence-corrected chi connectivity index (χ2v) is 8.44. The van der Waals surface area contributed by atoms with Crippen molar-refractivity contribution in [2.45, 2.75) is 65.4 Å². The first kappa shape index (κ1) is 20.9. The topological polar surface area (TPSA) is 12.5 Å². The number of hydrogen-bond donors (Lipinski definition) is 0. The standard InChI is InChI=1S/C23H34NOP/c1-17(2)24(18(3)4)14-13-23(26)21-15-19(5)11-12-22(21)25-16-20-9-7-6-8-10-20/h6-12,15,17-18,23H,13-14,16,26H2,1-5H3. The Kier molecular flexibility index (Phi) is 8.13. The number of benzene rings is 2. The summed E-state index contributed by atoms with van der Waals surface area (Å²) in [5, 5.41) is 0. The summed E-state index contributed by atoms with van der Waals surface area (Å²) in [7, 11) is 3.03. The molecule has 0 saturated heterocycles. The summed E-state index contributed by atoms with van der Waals surface area (Å²) in [6.07, 6.45) is 1.10. The molecule has 0 aromatic heterocycles. The lowest BCUT2D eigenvalue weighted by atomic mass is 10.0. The van der Waals surface area contributed by atoms with Crippen molar-refractivity contribution >= 4 is 9.24 Å². The van der Waals surface area contributed by atoms with Gasteiger partial charge in [-0.3, -0.25) is 4.90 Å². The number of nitrogens with zero attached hydrogens (tertiary/aromatic N) is 1. The molecule has 2 unspecified atom stereocenters. The summed E-state index contributed by atoms with van der Waals surface area (Å²) < 4.78 is 6.17. The molecule has 0 radical (unpaired) electrons. The molecular weight excluding hydrogens is 337 g/mol. The Hall–Kier alpha value is -1.37. The van der Waals surface area contributed by atoms with E-state index in [2.05, 4.69) is 91.2 Å². The van der Waals surface area contributed by atoms with E-state index >= 15 is 0 Å². The van der Waals surface area contributed by atoms with E-state index in [0.29, 0.717) is 24.3 Å². The van der Waals surface area contributed by atoms with Crippen LogP contribution in [0.4, 0.5) is 0 Å². The minimum atomic E-state index is 0.390. The zero-order valence-corrected chi connectivity index (χ0v) is 18.1. The predicted molar refractivity (Wildman–Crippen MR) is 116 cm³/mol. The summed E-state index contributed by atoms with van der Waals surface area (Å²) in [5.41, 5.74) is 4.16. The van der Waals surface area contributed by atoms with Crippen LogP contribution in [-0.4, -0.2) is 23.5 Å².